The van der Waals surface area contributed by atoms with Crippen LogP contribution in [0.15, 0.2) is 12.1 Å². The van der Waals surface area contributed by atoms with Crippen molar-refractivity contribution in [3.63, 3.8) is 0 Å². The zero-order valence-electron chi connectivity index (χ0n) is 8.77. The van der Waals surface area contributed by atoms with Crippen LogP contribution in [0.2, 0.25) is 0 Å². The summed E-state index contributed by atoms with van der Waals surface area (Å²) in [6.07, 6.45) is 0. The van der Waals surface area contributed by atoms with Crippen LogP contribution in [-0.4, -0.2) is 17.5 Å². The summed E-state index contributed by atoms with van der Waals surface area (Å²) in [6.45, 7) is 1.85. The molecule has 1 aromatic carbocycles. The molecule has 0 aliphatic heterocycles. The number of nitriles is 1. The molecular formula is C10H7IN2O4. The van der Waals surface area contributed by atoms with Gasteiger partial charge in [-0.25, -0.2) is 4.79 Å². The molecule has 1 rings (SSSR count). The molecule has 0 atom stereocenters. The first-order valence-corrected chi connectivity index (χ1v) is 5.64. The fraction of sp³-hybridized carbons (Fsp3) is 0.200. The van der Waals surface area contributed by atoms with Gasteiger partial charge in [0.1, 0.15) is 11.6 Å². The van der Waals surface area contributed by atoms with Crippen molar-refractivity contribution in [3.8, 4) is 6.07 Å². The maximum Gasteiger partial charge on any atom is 0.338 e. The minimum atomic E-state index is -0.644. The Morgan fingerprint density at radius 1 is 1.65 bits per heavy atom. The average Bonchev–Trinajstić information content (AvgIpc) is 2.27. The number of nitro groups is 1. The van der Waals surface area contributed by atoms with Crippen LogP contribution in [0.4, 0.5) is 5.69 Å². The predicted molar refractivity (Wildman–Crippen MR) is 66.5 cm³/mol. The summed E-state index contributed by atoms with van der Waals surface area (Å²) < 4.78 is 4.99. The molecule has 0 saturated carbocycles. The van der Waals surface area contributed by atoms with Crippen LogP contribution in [0.5, 0.6) is 0 Å². The van der Waals surface area contributed by atoms with Crippen LogP contribution in [0.1, 0.15) is 22.8 Å². The second kappa shape index (κ2) is 5.58. The van der Waals surface area contributed by atoms with Gasteiger partial charge in [-0.1, -0.05) is 0 Å². The number of nitrogens with zero attached hydrogens (tertiary/aromatic N) is 2. The Kier molecular flexibility index (Phi) is 4.39. The van der Waals surface area contributed by atoms with Crippen molar-refractivity contribution in [2.75, 3.05) is 6.61 Å². The second-order valence-electron chi connectivity index (χ2n) is 2.94. The highest BCUT2D eigenvalue weighted by Crippen LogP contribution is 2.27. The number of rotatable bonds is 3. The summed E-state index contributed by atoms with van der Waals surface area (Å²) in [5, 5.41) is 19.6. The number of benzene rings is 1. The number of nitro benzene ring substituents is 1. The van der Waals surface area contributed by atoms with Crippen LogP contribution >= 0.6 is 22.6 Å². The summed E-state index contributed by atoms with van der Waals surface area (Å²) in [6, 6.07) is 4.20. The fourth-order valence-electron chi connectivity index (χ4n) is 1.20. The highest BCUT2D eigenvalue weighted by Gasteiger charge is 2.22. The molecule has 0 bridgehead atoms. The van der Waals surface area contributed by atoms with E-state index < -0.39 is 10.9 Å². The molecule has 0 aliphatic carbocycles. The van der Waals surface area contributed by atoms with Crippen molar-refractivity contribution in [3.05, 3.63) is 36.9 Å². The fourth-order valence-corrected chi connectivity index (χ4v) is 2.03. The third-order valence-electron chi connectivity index (χ3n) is 1.88. The number of ether oxygens (including phenoxy) is 1. The normalized spacial score (nSPS) is 9.47. The lowest BCUT2D eigenvalue weighted by Crippen LogP contribution is -2.07. The zero-order chi connectivity index (χ0) is 13.0. The van der Waals surface area contributed by atoms with E-state index in [0.717, 1.165) is 6.07 Å². The van der Waals surface area contributed by atoms with Crippen LogP contribution < -0.4 is 0 Å². The van der Waals surface area contributed by atoms with Gasteiger partial charge in [0.25, 0.3) is 5.69 Å². The van der Waals surface area contributed by atoms with E-state index in [4.69, 9.17) is 10.00 Å². The molecule has 1 aromatic rings. The van der Waals surface area contributed by atoms with Gasteiger partial charge < -0.3 is 4.74 Å². The molecule has 0 saturated heterocycles. The molecular weight excluding hydrogens is 339 g/mol. The topological polar surface area (TPSA) is 93.2 Å². The van der Waals surface area contributed by atoms with E-state index in [9.17, 15) is 14.9 Å². The lowest BCUT2D eigenvalue weighted by Gasteiger charge is -2.04. The van der Waals surface area contributed by atoms with Crippen molar-refractivity contribution in [2.45, 2.75) is 6.92 Å². The first-order valence-electron chi connectivity index (χ1n) is 4.56. The Morgan fingerprint density at radius 3 is 2.76 bits per heavy atom. The smallest absolute Gasteiger partial charge is 0.338 e. The highest BCUT2D eigenvalue weighted by atomic mass is 127. The summed E-state index contributed by atoms with van der Waals surface area (Å²) in [5.41, 5.74) is -0.301. The Balaban J connectivity index is 3.33. The molecule has 0 aliphatic rings. The van der Waals surface area contributed by atoms with Crippen molar-refractivity contribution in [1.29, 1.82) is 5.26 Å². The van der Waals surface area contributed by atoms with E-state index >= 15 is 0 Å². The number of halogens is 1. The average molecular weight is 346 g/mol. The number of carbonyl (C=O) groups excluding carboxylic acids is 1. The second-order valence-corrected chi connectivity index (χ2v) is 4.11. The molecule has 6 nitrogen and oxygen atoms in total. The Hall–Kier alpha value is -1.69. The van der Waals surface area contributed by atoms with E-state index in [-0.39, 0.29) is 27.0 Å². The van der Waals surface area contributed by atoms with Gasteiger partial charge in [-0.05, 0) is 41.6 Å². The summed E-state index contributed by atoms with van der Waals surface area (Å²) in [7, 11) is 0. The molecule has 0 fully saturated rings. The third kappa shape index (κ3) is 2.91. The van der Waals surface area contributed by atoms with E-state index in [0.29, 0.717) is 0 Å². The van der Waals surface area contributed by atoms with Gasteiger partial charge in [-0.2, -0.15) is 5.26 Å². The first kappa shape index (κ1) is 13.4. The van der Waals surface area contributed by atoms with Gasteiger partial charge in [0.2, 0.25) is 0 Å². The first-order chi connectivity index (χ1) is 8.01. The molecule has 17 heavy (non-hydrogen) atoms. The largest absolute Gasteiger partial charge is 0.462 e. The molecule has 0 unspecified atom stereocenters. The third-order valence-corrected chi connectivity index (χ3v) is 2.70. The van der Waals surface area contributed by atoms with E-state index in [1.807, 2.05) is 0 Å². The number of carbonyl (C=O) groups is 1. The number of hydrogen-bond donors (Lipinski definition) is 0. The number of hydrogen-bond acceptors (Lipinski definition) is 5. The lowest BCUT2D eigenvalue weighted by atomic mass is 10.1. The molecule has 0 amide bonds. The molecule has 0 heterocycles. The van der Waals surface area contributed by atoms with Crippen molar-refractivity contribution in [1.82, 2.24) is 0 Å². The quantitative estimate of drug-likeness (QED) is 0.362. The highest BCUT2D eigenvalue weighted by molar-refractivity contribution is 14.1. The van der Waals surface area contributed by atoms with E-state index in [1.54, 1.807) is 35.6 Å². The Bertz CT molecular complexity index is 522. The molecule has 0 N–H and O–H groups in total. The standard InChI is InChI=1S/C10H7IN2O4/c1-2-17-10(14)6-3-7(5-12)9(13(15)16)8(11)4-6/h3-4H,2H2,1H3. The van der Waals surface area contributed by atoms with E-state index in [1.165, 1.54) is 6.07 Å². The van der Waals surface area contributed by atoms with Gasteiger partial charge in [0.15, 0.2) is 0 Å². The van der Waals surface area contributed by atoms with Crippen LogP contribution in [0, 0.1) is 25.0 Å². The van der Waals surface area contributed by atoms with Crippen molar-refractivity contribution in [2.24, 2.45) is 0 Å². The number of esters is 1. The molecule has 88 valence electrons. The minimum absolute atomic E-state index is 0.137. The maximum atomic E-state index is 11.4. The SMILES string of the molecule is CCOC(=O)c1cc(I)c([N+](=O)[O-])c(C#N)c1. The van der Waals surface area contributed by atoms with Crippen molar-refractivity contribution < 1.29 is 14.5 Å². The Labute approximate surface area is 110 Å². The summed E-state index contributed by atoms with van der Waals surface area (Å²) in [5.74, 6) is -0.600. The molecule has 0 radical (unpaired) electrons. The summed E-state index contributed by atoms with van der Waals surface area (Å²) in [4.78, 5) is 21.5. The molecule has 0 spiro atoms. The van der Waals surface area contributed by atoms with Gasteiger partial charge in [0, 0.05) is 0 Å². The van der Waals surface area contributed by atoms with Gasteiger partial charge in [-0.15, -0.1) is 0 Å². The monoisotopic (exact) mass is 346 g/mol. The van der Waals surface area contributed by atoms with Gasteiger partial charge in [-0.3, -0.25) is 10.1 Å². The van der Waals surface area contributed by atoms with Crippen molar-refractivity contribution >= 4 is 34.2 Å². The maximum absolute atomic E-state index is 11.4. The molecule has 7 heteroatoms. The predicted octanol–water partition coefficient (Wildman–Crippen LogP) is 2.25. The Morgan fingerprint density at radius 2 is 2.29 bits per heavy atom. The lowest BCUT2D eigenvalue weighted by molar-refractivity contribution is -0.386. The minimum Gasteiger partial charge on any atom is -0.462 e. The van der Waals surface area contributed by atoms with Crippen LogP contribution in [-0.2, 0) is 4.74 Å². The van der Waals surface area contributed by atoms with Gasteiger partial charge >= 0.3 is 5.97 Å². The van der Waals surface area contributed by atoms with Gasteiger partial charge in [0.05, 0.1) is 20.7 Å². The van der Waals surface area contributed by atoms with Crippen LogP contribution in [0.3, 0.4) is 0 Å². The summed E-state index contributed by atoms with van der Waals surface area (Å²) >= 11 is 1.71. The zero-order valence-corrected chi connectivity index (χ0v) is 10.9. The molecule has 0 aromatic heterocycles. The van der Waals surface area contributed by atoms with Crippen LogP contribution in [0.25, 0.3) is 0 Å². The van der Waals surface area contributed by atoms with E-state index in [2.05, 4.69) is 0 Å².